The van der Waals surface area contributed by atoms with E-state index in [1.54, 1.807) is 0 Å². The second kappa shape index (κ2) is 15.1. The molecule has 1 fully saturated rings. The quantitative estimate of drug-likeness (QED) is 0.385. The average molecular weight is 462 g/mol. The minimum atomic E-state index is -0.515. The highest BCUT2D eigenvalue weighted by Gasteiger charge is 2.44. The van der Waals surface area contributed by atoms with Gasteiger partial charge in [-0.1, -0.05) is 91.1 Å². The van der Waals surface area contributed by atoms with Gasteiger partial charge in [0.1, 0.15) is 6.10 Å². The van der Waals surface area contributed by atoms with Crippen molar-refractivity contribution in [3.63, 3.8) is 0 Å². The van der Waals surface area contributed by atoms with E-state index in [0.29, 0.717) is 18.4 Å². The molecule has 33 heavy (non-hydrogen) atoms. The molecule has 0 aliphatic carbocycles. The number of hydrogen-bond acceptors (Lipinski definition) is 4. The largest absolute Gasteiger partial charge is 0.439 e. The van der Waals surface area contributed by atoms with Gasteiger partial charge in [-0.2, -0.15) is 0 Å². The molecule has 5 nitrogen and oxygen atoms in total. The Morgan fingerprint density at radius 1 is 0.970 bits per heavy atom. The summed E-state index contributed by atoms with van der Waals surface area (Å²) in [5, 5.41) is 8.87. The molecule has 1 heterocycles. The van der Waals surface area contributed by atoms with Crippen molar-refractivity contribution >= 4 is 12.0 Å². The summed E-state index contributed by atoms with van der Waals surface area (Å²) in [6, 6.07) is 9.34. The van der Waals surface area contributed by atoms with Crippen molar-refractivity contribution in [3.05, 3.63) is 35.9 Å². The minimum Gasteiger partial charge on any atom is -0.439 e. The van der Waals surface area contributed by atoms with E-state index in [1.807, 2.05) is 44.2 Å². The highest BCUT2D eigenvalue weighted by atomic mass is 16.6. The average Bonchev–Trinajstić information content (AvgIpc) is 3.14. The lowest BCUT2D eigenvalue weighted by molar-refractivity contribution is -0.134. The molecule has 188 valence electrons. The molecule has 1 aliphatic rings. The lowest BCUT2D eigenvalue weighted by Crippen LogP contribution is -2.42. The molecule has 0 aromatic heterocycles. The van der Waals surface area contributed by atoms with Gasteiger partial charge < -0.3 is 9.84 Å². The summed E-state index contributed by atoms with van der Waals surface area (Å²) in [7, 11) is 0. The normalized spacial score (nSPS) is 21.5. The van der Waals surface area contributed by atoms with Crippen LogP contribution in [0.15, 0.2) is 30.3 Å². The molecule has 1 aromatic carbocycles. The molecule has 1 aliphatic heterocycles. The van der Waals surface area contributed by atoms with Gasteiger partial charge in [0.15, 0.2) is 0 Å². The van der Waals surface area contributed by atoms with Crippen LogP contribution in [0, 0.1) is 23.7 Å². The fourth-order valence-corrected chi connectivity index (χ4v) is 4.24. The number of carbonyl (C=O) groups is 2. The van der Waals surface area contributed by atoms with E-state index >= 15 is 0 Å². The molecule has 5 heteroatoms. The highest BCUT2D eigenvalue weighted by Crippen LogP contribution is 2.34. The second-order valence-corrected chi connectivity index (χ2v) is 9.72. The van der Waals surface area contributed by atoms with E-state index in [1.165, 1.54) is 17.7 Å². The van der Waals surface area contributed by atoms with Gasteiger partial charge in [-0.15, -0.1) is 0 Å². The molecule has 2 rings (SSSR count). The highest BCUT2D eigenvalue weighted by molar-refractivity contribution is 5.95. The topological polar surface area (TPSA) is 66.8 Å². The van der Waals surface area contributed by atoms with Crippen LogP contribution >= 0.6 is 0 Å². The standard InChI is InChI=1S/C19H27NO3.C9H20O/c1-5-13(3)12-15(6-2)18(21)20-14(4)17(23-19(20)22)16-10-8-7-9-11-16;1-4-8(3)6-9(5-2)7-10/h7-11,13-15,17H,5-6,12H2,1-4H3;8-10H,4-7H2,1-3H3/t13-,14+,15+,17+;8-,9+/m00/s1. The zero-order chi connectivity index (χ0) is 25.0. The smallest absolute Gasteiger partial charge is 0.417 e. The van der Waals surface area contributed by atoms with E-state index in [-0.39, 0.29) is 24.0 Å². The van der Waals surface area contributed by atoms with Gasteiger partial charge in [0, 0.05) is 12.5 Å². The van der Waals surface area contributed by atoms with E-state index in [4.69, 9.17) is 9.84 Å². The molecule has 6 atom stereocenters. The number of amides is 2. The number of carbonyl (C=O) groups excluding carboxylic acids is 2. The van der Waals surface area contributed by atoms with Crippen LogP contribution in [0.1, 0.15) is 98.7 Å². The molecule has 0 spiro atoms. The number of imide groups is 1. The Morgan fingerprint density at radius 3 is 2.03 bits per heavy atom. The van der Waals surface area contributed by atoms with Crippen LogP contribution in [0.4, 0.5) is 4.79 Å². The van der Waals surface area contributed by atoms with Crippen LogP contribution in [0.2, 0.25) is 0 Å². The minimum absolute atomic E-state index is 0.0938. The van der Waals surface area contributed by atoms with E-state index in [0.717, 1.165) is 37.2 Å². The Hall–Kier alpha value is -1.88. The van der Waals surface area contributed by atoms with Gasteiger partial charge in [0.05, 0.1) is 6.04 Å². The van der Waals surface area contributed by atoms with Gasteiger partial charge >= 0.3 is 6.09 Å². The van der Waals surface area contributed by atoms with Crippen LogP contribution in [0.25, 0.3) is 0 Å². The number of cyclic esters (lactones) is 1. The Balaban J connectivity index is 0.000000461. The van der Waals surface area contributed by atoms with Gasteiger partial charge in [0.2, 0.25) is 5.91 Å². The molecule has 0 saturated carbocycles. The van der Waals surface area contributed by atoms with E-state index in [9.17, 15) is 9.59 Å². The summed E-state index contributed by atoms with van der Waals surface area (Å²) in [4.78, 5) is 26.4. The summed E-state index contributed by atoms with van der Waals surface area (Å²) in [6.07, 6.45) is 5.23. The van der Waals surface area contributed by atoms with Crippen molar-refractivity contribution < 1.29 is 19.4 Å². The fourth-order valence-electron chi connectivity index (χ4n) is 4.24. The van der Waals surface area contributed by atoms with Gasteiger partial charge in [-0.25, -0.2) is 9.69 Å². The number of benzene rings is 1. The van der Waals surface area contributed by atoms with Crippen molar-refractivity contribution in [1.82, 2.24) is 4.90 Å². The third kappa shape index (κ3) is 8.77. The zero-order valence-electron chi connectivity index (χ0n) is 21.9. The summed E-state index contributed by atoms with van der Waals surface area (Å²) in [5.41, 5.74) is 0.929. The maximum Gasteiger partial charge on any atom is 0.417 e. The van der Waals surface area contributed by atoms with Crippen molar-refractivity contribution in [2.45, 2.75) is 99.1 Å². The first-order valence-electron chi connectivity index (χ1n) is 12.9. The SMILES string of the molecule is CC[C@H](C)C[C@@H](CC)C(=O)N1C(=O)O[C@@H](c2ccccc2)[C@H]1C.CC[C@H](C)C[C@@H](CC)CO. The molecule has 0 unspecified atom stereocenters. The first-order chi connectivity index (χ1) is 15.7. The maximum atomic E-state index is 12.9. The Labute approximate surface area is 201 Å². The van der Waals surface area contributed by atoms with Crippen LogP contribution < -0.4 is 0 Å². The lowest BCUT2D eigenvalue weighted by Gasteiger charge is -2.25. The van der Waals surface area contributed by atoms with Crippen molar-refractivity contribution in [2.75, 3.05) is 6.61 Å². The Kier molecular flexibility index (Phi) is 13.3. The molecular weight excluding hydrogens is 414 g/mol. The number of aliphatic hydroxyl groups is 1. The second-order valence-electron chi connectivity index (χ2n) is 9.72. The zero-order valence-corrected chi connectivity index (χ0v) is 21.9. The molecular formula is C28H47NO4. The third-order valence-corrected chi connectivity index (χ3v) is 7.13. The Morgan fingerprint density at radius 2 is 1.55 bits per heavy atom. The molecule has 0 radical (unpaired) electrons. The predicted molar refractivity (Wildman–Crippen MR) is 135 cm³/mol. The number of nitrogens with zero attached hydrogens (tertiary/aromatic N) is 1. The van der Waals surface area contributed by atoms with Crippen molar-refractivity contribution in [1.29, 1.82) is 0 Å². The van der Waals surface area contributed by atoms with Gasteiger partial charge in [0.25, 0.3) is 0 Å². The monoisotopic (exact) mass is 461 g/mol. The number of aliphatic hydroxyl groups excluding tert-OH is 1. The van der Waals surface area contributed by atoms with E-state index in [2.05, 4.69) is 34.6 Å². The first kappa shape index (κ1) is 29.2. The molecule has 2 amide bonds. The summed E-state index contributed by atoms with van der Waals surface area (Å²) < 4.78 is 5.49. The van der Waals surface area contributed by atoms with Crippen molar-refractivity contribution in [3.8, 4) is 0 Å². The van der Waals surface area contributed by atoms with Gasteiger partial charge in [-0.05, 0) is 49.5 Å². The summed E-state index contributed by atoms with van der Waals surface area (Å²) >= 11 is 0. The molecule has 0 bridgehead atoms. The van der Waals surface area contributed by atoms with Crippen LogP contribution in [0.3, 0.4) is 0 Å². The number of hydrogen-bond donors (Lipinski definition) is 1. The molecule has 1 aromatic rings. The number of rotatable bonds is 11. The van der Waals surface area contributed by atoms with Crippen LogP contribution in [-0.4, -0.2) is 34.7 Å². The Bertz CT molecular complexity index is 688. The summed E-state index contributed by atoms with van der Waals surface area (Å²) in [5.74, 6) is 1.58. The maximum absolute atomic E-state index is 12.9. The summed E-state index contributed by atoms with van der Waals surface area (Å²) in [6.45, 7) is 15.1. The third-order valence-electron chi connectivity index (χ3n) is 7.13. The van der Waals surface area contributed by atoms with Crippen molar-refractivity contribution in [2.24, 2.45) is 23.7 Å². The molecule has 1 saturated heterocycles. The lowest BCUT2D eigenvalue weighted by atomic mass is 9.90. The van der Waals surface area contributed by atoms with Crippen LogP contribution in [0.5, 0.6) is 0 Å². The first-order valence-corrected chi connectivity index (χ1v) is 12.9. The molecule has 1 N–H and O–H groups in total. The fraction of sp³-hybridized carbons (Fsp3) is 0.714. The van der Waals surface area contributed by atoms with Crippen LogP contribution in [-0.2, 0) is 9.53 Å². The predicted octanol–water partition coefficient (Wildman–Crippen LogP) is 7.00. The number of ether oxygens (including phenoxy) is 1. The van der Waals surface area contributed by atoms with Gasteiger partial charge in [-0.3, -0.25) is 4.79 Å². The van der Waals surface area contributed by atoms with E-state index < -0.39 is 6.09 Å².